The van der Waals surface area contributed by atoms with Crippen molar-refractivity contribution in [3.05, 3.63) is 0 Å². The highest BCUT2D eigenvalue weighted by Gasteiger charge is 2.38. The quantitative estimate of drug-likeness (QED) is 0.866. The van der Waals surface area contributed by atoms with Crippen LogP contribution in [0.5, 0.6) is 0 Å². The van der Waals surface area contributed by atoms with Crippen molar-refractivity contribution in [1.82, 2.24) is 10.2 Å². The molecule has 21 heavy (non-hydrogen) atoms. The number of carbonyl (C=O) groups is 1. The predicted octanol–water partition coefficient (Wildman–Crippen LogP) is 3.20. The topological polar surface area (TPSA) is 32.3 Å². The lowest BCUT2D eigenvalue weighted by Gasteiger charge is -2.40. The van der Waals surface area contributed by atoms with E-state index >= 15 is 0 Å². The number of nitrogens with zero attached hydrogens (tertiary/aromatic N) is 1. The Bertz CT molecular complexity index is 346. The Balaban J connectivity index is 1.46. The van der Waals surface area contributed by atoms with Crippen molar-refractivity contribution in [1.29, 1.82) is 0 Å². The van der Waals surface area contributed by atoms with Crippen molar-refractivity contribution in [2.24, 2.45) is 17.3 Å². The zero-order valence-corrected chi connectivity index (χ0v) is 13.7. The Morgan fingerprint density at radius 1 is 1.19 bits per heavy atom. The first-order valence-corrected chi connectivity index (χ1v) is 9.18. The molecule has 0 aromatic heterocycles. The molecule has 3 nitrogen and oxygen atoms in total. The summed E-state index contributed by atoms with van der Waals surface area (Å²) in [4.78, 5) is 14.8. The van der Waals surface area contributed by atoms with Crippen LogP contribution in [0, 0.1) is 17.3 Å². The van der Waals surface area contributed by atoms with Crippen LogP contribution in [0.3, 0.4) is 0 Å². The van der Waals surface area contributed by atoms with Gasteiger partial charge in [0.15, 0.2) is 0 Å². The highest BCUT2D eigenvalue weighted by atomic mass is 16.2. The molecule has 1 aliphatic carbocycles. The number of likely N-dealkylation sites (tertiary alicyclic amines) is 1. The van der Waals surface area contributed by atoms with Crippen LogP contribution >= 0.6 is 0 Å². The fourth-order valence-corrected chi connectivity index (χ4v) is 4.76. The monoisotopic (exact) mass is 292 g/mol. The second-order valence-electron chi connectivity index (χ2n) is 7.89. The molecular formula is C18H32N2O. The molecule has 2 aliphatic heterocycles. The number of nitrogens with one attached hydrogen (secondary N) is 1. The maximum Gasteiger partial charge on any atom is 0.225 e. The Morgan fingerprint density at radius 3 is 2.52 bits per heavy atom. The molecule has 2 heterocycles. The summed E-state index contributed by atoms with van der Waals surface area (Å²) < 4.78 is 0. The van der Waals surface area contributed by atoms with Crippen molar-refractivity contribution >= 4 is 5.91 Å². The third-order valence-electron chi connectivity index (χ3n) is 6.30. The average Bonchev–Trinajstić information content (AvgIpc) is 2.96. The van der Waals surface area contributed by atoms with Gasteiger partial charge in [-0.2, -0.15) is 0 Å². The van der Waals surface area contributed by atoms with Crippen LogP contribution in [-0.4, -0.2) is 37.0 Å². The minimum Gasteiger partial charge on any atom is -0.342 e. The summed E-state index contributed by atoms with van der Waals surface area (Å²) in [5.41, 5.74) is 0.517. The summed E-state index contributed by atoms with van der Waals surface area (Å²) in [7, 11) is 0. The number of amides is 1. The molecule has 0 aromatic carbocycles. The summed E-state index contributed by atoms with van der Waals surface area (Å²) in [5.74, 6) is 1.48. The molecule has 0 radical (unpaired) electrons. The van der Waals surface area contributed by atoms with Gasteiger partial charge in [0, 0.05) is 25.6 Å². The number of hydrogen-bond donors (Lipinski definition) is 1. The first-order valence-electron chi connectivity index (χ1n) is 9.18. The molecule has 1 spiro atoms. The minimum atomic E-state index is 0.240. The van der Waals surface area contributed by atoms with Gasteiger partial charge in [0.1, 0.15) is 0 Å². The van der Waals surface area contributed by atoms with Crippen LogP contribution in [0.25, 0.3) is 0 Å². The van der Waals surface area contributed by atoms with Crippen LogP contribution in [0.15, 0.2) is 0 Å². The lowest BCUT2D eigenvalue weighted by Crippen LogP contribution is -2.46. The van der Waals surface area contributed by atoms with Crippen molar-refractivity contribution < 1.29 is 4.79 Å². The highest BCUT2D eigenvalue weighted by Crippen LogP contribution is 2.37. The van der Waals surface area contributed by atoms with Gasteiger partial charge in [-0.3, -0.25) is 4.79 Å². The molecule has 1 saturated carbocycles. The molecular weight excluding hydrogens is 260 g/mol. The fourth-order valence-electron chi connectivity index (χ4n) is 4.76. The number of hydrogen-bond acceptors (Lipinski definition) is 2. The van der Waals surface area contributed by atoms with Gasteiger partial charge in [0.05, 0.1) is 0 Å². The van der Waals surface area contributed by atoms with E-state index < -0.39 is 0 Å². The largest absolute Gasteiger partial charge is 0.342 e. The normalized spacial score (nSPS) is 28.0. The van der Waals surface area contributed by atoms with E-state index in [1.54, 1.807) is 0 Å². The summed E-state index contributed by atoms with van der Waals surface area (Å²) >= 11 is 0. The van der Waals surface area contributed by atoms with Crippen LogP contribution in [-0.2, 0) is 4.79 Å². The Morgan fingerprint density at radius 2 is 1.90 bits per heavy atom. The SMILES string of the molecule is CC(CC1CCCCC1)C(=O)N1CCC2(CCNC2)CC1. The van der Waals surface area contributed by atoms with E-state index in [0.29, 0.717) is 11.3 Å². The lowest BCUT2D eigenvalue weighted by atomic mass is 9.77. The molecule has 3 fully saturated rings. The van der Waals surface area contributed by atoms with Gasteiger partial charge in [-0.1, -0.05) is 39.0 Å². The van der Waals surface area contributed by atoms with Crippen LogP contribution in [0.1, 0.15) is 64.7 Å². The predicted molar refractivity (Wildman–Crippen MR) is 86.1 cm³/mol. The van der Waals surface area contributed by atoms with Crippen molar-refractivity contribution in [3.63, 3.8) is 0 Å². The maximum absolute atomic E-state index is 12.7. The molecule has 0 aromatic rings. The first-order chi connectivity index (χ1) is 10.2. The van der Waals surface area contributed by atoms with Crippen molar-refractivity contribution in [2.75, 3.05) is 26.2 Å². The van der Waals surface area contributed by atoms with E-state index in [9.17, 15) is 4.79 Å². The van der Waals surface area contributed by atoms with Gasteiger partial charge < -0.3 is 10.2 Å². The van der Waals surface area contributed by atoms with Crippen LogP contribution in [0.4, 0.5) is 0 Å². The van der Waals surface area contributed by atoms with Gasteiger partial charge in [-0.15, -0.1) is 0 Å². The smallest absolute Gasteiger partial charge is 0.225 e. The lowest BCUT2D eigenvalue weighted by molar-refractivity contribution is -0.137. The summed E-state index contributed by atoms with van der Waals surface area (Å²) in [6.07, 6.45) is 11.7. The van der Waals surface area contributed by atoms with Gasteiger partial charge in [0.2, 0.25) is 5.91 Å². The molecule has 3 rings (SSSR count). The molecule has 2 saturated heterocycles. The second-order valence-corrected chi connectivity index (χ2v) is 7.89. The standard InChI is InChI=1S/C18H32N2O/c1-15(13-16-5-3-2-4-6-16)17(21)20-11-8-18(9-12-20)7-10-19-14-18/h15-16,19H,2-14H2,1H3. The van der Waals surface area contributed by atoms with Gasteiger partial charge in [-0.05, 0) is 43.6 Å². The van der Waals surface area contributed by atoms with Gasteiger partial charge in [-0.25, -0.2) is 0 Å². The summed E-state index contributed by atoms with van der Waals surface area (Å²) in [6.45, 7) is 6.50. The van der Waals surface area contributed by atoms with Crippen LogP contribution in [0.2, 0.25) is 0 Å². The Hall–Kier alpha value is -0.570. The zero-order chi connectivity index (χ0) is 14.7. The number of rotatable bonds is 3. The highest BCUT2D eigenvalue weighted by molar-refractivity contribution is 5.78. The van der Waals surface area contributed by atoms with E-state index in [0.717, 1.165) is 25.4 Å². The Kier molecular flexibility index (Phi) is 4.88. The van der Waals surface area contributed by atoms with E-state index in [-0.39, 0.29) is 5.92 Å². The molecule has 1 N–H and O–H groups in total. The molecule has 0 bridgehead atoms. The molecule has 3 aliphatic rings. The van der Waals surface area contributed by atoms with Crippen molar-refractivity contribution in [2.45, 2.75) is 64.7 Å². The van der Waals surface area contributed by atoms with Gasteiger partial charge in [0.25, 0.3) is 0 Å². The zero-order valence-electron chi connectivity index (χ0n) is 13.7. The Labute approximate surface area is 129 Å². The van der Waals surface area contributed by atoms with Crippen LogP contribution < -0.4 is 5.32 Å². The maximum atomic E-state index is 12.7. The van der Waals surface area contributed by atoms with Gasteiger partial charge >= 0.3 is 0 Å². The van der Waals surface area contributed by atoms with E-state index in [1.807, 2.05) is 0 Å². The molecule has 1 amide bonds. The van der Waals surface area contributed by atoms with E-state index in [2.05, 4.69) is 17.1 Å². The molecule has 1 atom stereocenters. The number of piperidine rings is 1. The molecule has 1 unspecified atom stereocenters. The van der Waals surface area contributed by atoms with Crippen molar-refractivity contribution in [3.8, 4) is 0 Å². The summed E-state index contributed by atoms with van der Waals surface area (Å²) in [6, 6.07) is 0. The third-order valence-corrected chi connectivity index (χ3v) is 6.30. The van der Waals surface area contributed by atoms with E-state index in [4.69, 9.17) is 0 Å². The van der Waals surface area contributed by atoms with E-state index in [1.165, 1.54) is 64.5 Å². The average molecular weight is 292 g/mol. The summed E-state index contributed by atoms with van der Waals surface area (Å²) in [5, 5.41) is 3.50. The first kappa shape index (κ1) is 15.3. The fraction of sp³-hybridized carbons (Fsp3) is 0.944. The second kappa shape index (κ2) is 6.68. The molecule has 3 heteroatoms. The third kappa shape index (κ3) is 3.61. The number of carbonyl (C=O) groups excluding carboxylic acids is 1. The molecule has 120 valence electrons. The minimum absolute atomic E-state index is 0.240.